The van der Waals surface area contributed by atoms with Crippen LogP contribution < -0.4 is 10.6 Å². The van der Waals surface area contributed by atoms with Gasteiger partial charge in [0.05, 0.1) is 17.0 Å². The van der Waals surface area contributed by atoms with Crippen molar-refractivity contribution in [2.24, 2.45) is 4.99 Å². The Morgan fingerprint density at radius 2 is 1.81 bits per heavy atom. The smallest absolute Gasteiger partial charge is 0.274 e. The van der Waals surface area contributed by atoms with Gasteiger partial charge in [-0.05, 0) is 19.1 Å². The molecule has 0 atom stereocenters. The fourth-order valence-corrected chi connectivity index (χ4v) is 2.97. The molecule has 0 heterocycles. The van der Waals surface area contributed by atoms with E-state index in [2.05, 4.69) is 27.8 Å². The normalized spacial score (nSPS) is 10.7. The Labute approximate surface area is 175 Å². The van der Waals surface area contributed by atoms with E-state index in [9.17, 15) is 10.1 Å². The number of aliphatic imine (C=N–C) groups is 1. The van der Waals surface area contributed by atoms with Crippen molar-refractivity contribution >= 4 is 47.4 Å². The van der Waals surface area contributed by atoms with E-state index in [0.29, 0.717) is 11.5 Å². The van der Waals surface area contributed by atoms with E-state index in [-0.39, 0.29) is 41.1 Å². The summed E-state index contributed by atoms with van der Waals surface area (Å²) in [5.74, 6) is 1.56. The second-order valence-corrected chi connectivity index (χ2v) is 6.34. The number of hydrogen-bond acceptors (Lipinski definition) is 4. The molecule has 6 nitrogen and oxygen atoms in total. The maximum atomic E-state index is 11.1. The van der Waals surface area contributed by atoms with E-state index in [1.165, 1.54) is 11.0 Å². The lowest BCUT2D eigenvalue weighted by molar-refractivity contribution is -0.385. The molecule has 0 aliphatic heterocycles. The average molecular weight is 486 g/mol. The van der Waals surface area contributed by atoms with Crippen LogP contribution in [0.15, 0.2) is 64.5 Å². The average Bonchev–Trinajstić information content (AvgIpc) is 2.64. The zero-order valence-electron chi connectivity index (χ0n) is 14.6. The summed E-state index contributed by atoms with van der Waals surface area (Å²) in [4.78, 5) is 16.4. The Hall–Kier alpha value is -1.81. The number of rotatable bonds is 8. The Kier molecular flexibility index (Phi) is 10.7. The van der Waals surface area contributed by atoms with Crippen molar-refractivity contribution in [1.29, 1.82) is 0 Å². The van der Waals surface area contributed by atoms with Gasteiger partial charge in [-0.15, -0.1) is 35.7 Å². The minimum absolute atomic E-state index is 0. The third-order valence-corrected chi connectivity index (χ3v) is 4.36. The SMILES string of the molecule is CCNC(=NCc1ccccc1[N+](=O)[O-])NCCSc1ccccc1.I. The van der Waals surface area contributed by atoms with Gasteiger partial charge in [0.25, 0.3) is 5.69 Å². The Balaban J connectivity index is 0.00000338. The van der Waals surface area contributed by atoms with Crippen LogP contribution in [0.2, 0.25) is 0 Å². The Morgan fingerprint density at radius 3 is 2.50 bits per heavy atom. The minimum atomic E-state index is -0.373. The van der Waals surface area contributed by atoms with Crippen LogP contribution in [0.3, 0.4) is 0 Å². The predicted molar refractivity (Wildman–Crippen MR) is 118 cm³/mol. The lowest BCUT2D eigenvalue weighted by Gasteiger charge is -2.11. The standard InChI is InChI=1S/C18H22N4O2S.HI/c1-2-19-18(20-12-13-25-16-9-4-3-5-10-16)21-14-15-8-6-7-11-17(15)22(23)24;/h3-11H,2,12-14H2,1H3,(H2,19,20,21);1H. The zero-order valence-corrected chi connectivity index (χ0v) is 17.7. The quantitative estimate of drug-likeness (QED) is 0.112. The highest BCUT2D eigenvalue weighted by Crippen LogP contribution is 2.18. The first-order valence-corrected chi connectivity index (χ1v) is 9.11. The number of halogens is 1. The third-order valence-electron chi connectivity index (χ3n) is 3.35. The lowest BCUT2D eigenvalue weighted by atomic mass is 10.2. The van der Waals surface area contributed by atoms with E-state index >= 15 is 0 Å². The summed E-state index contributed by atoms with van der Waals surface area (Å²) >= 11 is 1.77. The van der Waals surface area contributed by atoms with Gasteiger partial charge in [-0.3, -0.25) is 10.1 Å². The highest BCUT2D eigenvalue weighted by molar-refractivity contribution is 14.0. The van der Waals surface area contributed by atoms with Gasteiger partial charge in [0.15, 0.2) is 5.96 Å². The Morgan fingerprint density at radius 1 is 1.12 bits per heavy atom. The van der Waals surface area contributed by atoms with Gasteiger partial charge < -0.3 is 10.6 Å². The highest BCUT2D eigenvalue weighted by atomic mass is 127. The van der Waals surface area contributed by atoms with E-state index in [4.69, 9.17) is 0 Å². The fourth-order valence-electron chi connectivity index (χ4n) is 2.18. The van der Waals surface area contributed by atoms with Crippen LogP contribution in [0.4, 0.5) is 5.69 Å². The zero-order chi connectivity index (χ0) is 17.9. The number of thioether (sulfide) groups is 1. The molecule has 0 fully saturated rings. The van der Waals surface area contributed by atoms with Crippen LogP contribution >= 0.6 is 35.7 Å². The molecule has 2 aromatic rings. The van der Waals surface area contributed by atoms with Gasteiger partial charge >= 0.3 is 0 Å². The van der Waals surface area contributed by atoms with Crippen LogP contribution in [0.5, 0.6) is 0 Å². The molecule has 0 aliphatic rings. The van der Waals surface area contributed by atoms with Crippen molar-refractivity contribution in [3.63, 3.8) is 0 Å². The molecule has 8 heteroatoms. The summed E-state index contributed by atoms with van der Waals surface area (Å²) in [5, 5.41) is 17.5. The maximum Gasteiger partial charge on any atom is 0.274 e. The van der Waals surface area contributed by atoms with Crippen molar-refractivity contribution in [2.75, 3.05) is 18.8 Å². The minimum Gasteiger partial charge on any atom is -0.357 e. The van der Waals surface area contributed by atoms with E-state index in [1.807, 2.05) is 25.1 Å². The molecule has 140 valence electrons. The number of benzene rings is 2. The first kappa shape index (κ1) is 22.2. The third kappa shape index (κ3) is 7.61. The number of guanidine groups is 1. The Bertz CT molecular complexity index is 713. The topological polar surface area (TPSA) is 79.6 Å². The van der Waals surface area contributed by atoms with Gasteiger partial charge in [0, 0.05) is 29.8 Å². The van der Waals surface area contributed by atoms with Gasteiger partial charge in [0.1, 0.15) is 0 Å². The molecule has 0 spiro atoms. The van der Waals surface area contributed by atoms with Gasteiger partial charge in [-0.1, -0.05) is 36.4 Å². The van der Waals surface area contributed by atoms with Crippen molar-refractivity contribution in [2.45, 2.75) is 18.4 Å². The van der Waals surface area contributed by atoms with Gasteiger partial charge in [0.2, 0.25) is 0 Å². The molecule has 0 aliphatic carbocycles. The molecule has 2 N–H and O–H groups in total. The second kappa shape index (κ2) is 12.5. The number of nitro benzene ring substituents is 1. The second-order valence-electron chi connectivity index (χ2n) is 5.17. The van der Waals surface area contributed by atoms with Crippen molar-refractivity contribution < 1.29 is 4.92 Å². The number of nitrogens with one attached hydrogen (secondary N) is 2. The van der Waals surface area contributed by atoms with Gasteiger partial charge in [-0.2, -0.15) is 0 Å². The van der Waals surface area contributed by atoms with E-state index in [0.717, 1.165) is 18.8 Å². The van der Waals surface area contributed by atoms with Crippen molar-refractivity contribution in [3.05, 3.63) is 70.3 Å². The molecule has 0 bridgehead atoms. The summed E-state index contributed by atoms with van der Waals surface area (Å²) in [6.07, 6.45) is 0. The van der Waals surface area contributed by atoms with Crippen molar-refractivity contribution in [1.82, 2.24) is 10.6 Å². The molecule has 0 saturated heterocycles. The molecule has 26 heavy (non-hydrogen) atoms. The molecule has 0 unspecified atom stereocenters. The van der Waals surface area contributed by atoms with Crippen LogP contribution in [-0.2, 0) is 6.54 Å². The van der Waals surface area contributed by atoms with Crippen LogP contribution in [0, 0.1) is 10.1 Å². The largest absolute Gasteiger partial charge is 0.357 e. The molecule has 0 amide bonds. The van der Waals surface area contributed by atoms with E-state index < -0.39 is 0 Å². The molecule has 2 rings (SSSR count). The molecular weight excluding hydrogens is 463 g/mol. The maximum absolute atomic E-state index is 11.1. The van der Waals surface area contributed by atoms with Gasteiger partial charge in [-0.25, -0.2) is 4.99 Å². The molecular formula is C18H23IN4O2S. The number of nitro groups is 1. The number of nitrogens with zero attached hydrogens (tertiary/aromatic N) is 2. The molecule has 0 saturated carbocycles. The first-order valence-electron chi connectivity index (χ1n) is 8.13. The predicted octanol–water partition coefficient (Wildman–Crippen LogP) is 4.06. The summed E-state index contributed by atoms with van der Waals surface area (Å²) in [5.41, 5.74) is 0.699. The molecule has 0 radical (unpaired) electrons. The fraction of sp³-hybridized carbons (Fsp3) is 0.278. The first-order chi connectivity index (χ1) is 12.2. The monoisotopic (exact) mass is 486 g/mol. The molecule has 2 aromatic carbocycles. The molecule has 0 aromatic heterocycles. The van der Waals surface area contributed by atoms with Crippen LogP contribution in [-0.4, -0.2) is 29.7 Å². The lowest BCUT2D eigenvalue weighted by Crippen LogP contribution is -2.38. The highest BCUT2D eigenvalue weighted by Gasteiger charge is 2.11. The van der Waals surface area contributed by atoms with E-state index in [1.54, 1.807) is 30.0 Å². The van der Waals surface area contributed by atoms with Crippen molar-refractivity contribution in [3.8, 4) is 0 Å². The summed E-state index contributed by atoms with van der Waals surface area (Å²) in [6.45, 7) is 3.73. The summed E-state index contributed by atoms with van der Waals surface area (Å²) < 4.78 is 0. The number of hydrogen-bond donors (Lipinski definition) is 2. The summed E-state index contributed by atoms with van der Waals surface area (Å²) in [7, 11) is 0. The van der Waals surface area contributed by atoms with Crippen LogP contribution in [0.1, 0.15) is 12.5 Å². The van der Waals surface area contributed by atoms with Crippen LogP contribution in [0.25, 0.3) is 0 Å². The number of para-hydroxylation sites is 1. The summed E-state index contributed by atoms with van der Waals surface area (Å²) in [6, 6.07) is 16.9.